The van der Waals surface area contributed by atoms with Crippen molar-refractivity contribution in [2.45, 2.75) is 38.7 Å². The third kappa shape index (κ3) is 7.55. The first-order valence-corrected chi connectivity index (χ1v) is 6.59. The second kappa shape index (κ2) is 7.87. The van der Waals surface area contributed by atoms with Crippen LogP contribution in [0, 0.1) is 0 Å². The van der Waals surface area contributed by atoms with Crippen molar-refractivity contribution in [2.24, 2.45) is 0 Å². The minimum Gasteiger partial charge on any atom is -0.406 e. The SMILES string of the molecule is CCC(O)CCNC(=O)Cc1cccc(OC(F)(F)F)c1. The number of aliphatic hydroxyl groups is 1. The molecule has 4 nitrogen and oxygen atoms in total. The van der Waals surface area contributed by atoms with E-state index < -0.39 is 12.5 Å². The minimum absolute atomic E-state index is 0.0444. The Kier molecular flexibility index (Phi) is 6.48. The second-order valence-corrected chi connectivity index (χ2v) is 4.57. The van der Waals surface area contributed by atoms with Gasteiger partial charge in [-0.2, -0.15) is 0 Å². The molecular weight excluding hydrogens is 287 g/mol. The number of aliphatic hydroxyl groups excluding tert-OH is 1. The van der Waals surface area contributed by atoms with Gasteiger partial charge in [0.25, 0.3) is 0 Å². The molecule has 2 N–H and O–H groups in total. The summed E-state index contributed by atoms with van der Waals surface area (Å²) in [5.74, 6) is -0.670. The van der Waals surface area contributed by atoms with E-state index in [9.17, 15) is 23.1 Å². The highest BCUT2D eigenvalue weighted by molar-refractivity contribution is 5.78. The Morgan fingerprint density at radius 3 is 2.76 bits per heavy atom. The van der Waals surface area contributed by atoms with Crippen LogP contribution in [0.5, 0.6) is 5.75 Å². The first kappa shape index (κ1) is 17.3. The van der Waals surface area contributed by atoms with Crippen molar-refractivity contribution in [2.75, 3.05) is 6.54 Å². The van der Waals surface area contributed by atoms with Crippen LogP contribution in [0.1, 0.15) is 25.3 Å². The molecule has 1 unspecified atom stereocenters. The highest BCUT2D eigenvalue weighted by Gasteiger charge is 2.31. The summed E-state index contributed by atoms with van der Waals surface area (Å²) in [5, 5.41) is 11.9. The maximum absolute atomic E-state index is 12.1. The summed E-state index contributed by atoms with van der Waals surface area (Å²) in [4.78, 5) is 11.6. The Morgan fingerprint density at radius 1 is 1.43 bits per heavy atom. The molecule has 0 spiro atoms. The van der Waals surface area contributed by atoms with Gasteiger partial charge in [-0.25, -0.2) is 0 Å². The van der Waals surface area contributed by atoms with E-state index in [4.69, 9.17) is 0 Å². The fourth-order valence-electron chi connectivity index (χ4n) is 1.68. The van der Waals surface area contributed by atoms with Gasteiger partial charge in [-0.05, 0) is 30.5 Å². The Hall–Kier alpha value is -1.76. The van der Waals surface area contributed by atoms with E-state index >= 15 is 0 Å². The molecule has 0 saturated carbocycles. The predicted molar refractivity (Wildman–Crippen MR) is 70.8 cm³/mol. The summed E-state index contributed by atoms with van der Waals surface area (Å²) >= 11 is 0. The van der Waals surface area contributed by atoms with Crippen LogP contribution in [-0.4, -0.2) is 30.0 Å². The molecule has 0 aromatic heterocycles. The van der Waals surface area contributed by atoms with Crippen molar-refractivity contribution in [3.05, 3.63) is 29.8 Å². The number of hydrogen-bond donors (Lipinski definition) is 2. The van der Waals surface area contributed by atoms with E-state index in [2.05, 4.69) is 10.1 Å². The molecule has 1 atom stereocenters. The van der Waals surface area contributed by atoms with Gasteiger partial charge in [0, 0.05) is 6.54 Å². The third-order valence-electron chi connectivity index (χ3n) is 2.77. The lowest BCUT2D eigenvalue weighted by Crippen LogP contribution is -2.28. The number of nitrogens with one attached hydrogen (secondary N) is 1. The van der Waals surface area contributed by atoms with Gasteiger partial charge in [0.05, 0.1) is 12.5 Å². The molecule has 0 radical (unpaired) electrons. The fourth-order valence-corrected chi connectivity index (χ4v) is 1.68. The number of carbonyl (C=O) groups excluding carboxylic acids is 1. The molecular formula is C14H18F3NO3. The van der Waals surface area contributed by atoms with Crippen LogP contribution in [-0.2, 0) is 11.2 Å². The van der Waals surface area contributed by atoms with Gasteiger partial charge in [0.15, 0.2) is 0 Å². The molecule has 0 fully saturated rings. The minimum atomic E-state index is -4.75. The van der Waals surface area contributed by atoms with E-state index in [1.807, 2.05) is 6.92 Å². The Morgan fingerprint density at radius 2 is 2.14 bits per heavy atom. The number of carbonyl (C=O) groups is 1. The topological polar surface area (TPSA) is 58.6 Å². The first-order chi connectivity index (χ1) is 9.80. The van der Waals surface area contributed by atoms with Crippen molar-refractivity contribution in [1.82, 2.24) is 5.32 Å². The Balaban J connectivity index is 2.47. The standard InChI is InChI=1S/C14H18F3NO3/c1-2-11(19)6-7-18-13(20)9-10-4-3-5-12(8-10)21-14(15,16)17/h3-5,8,11,19H,2,6-7,9H2,1H3,(H,18,20). The smallest absolute Gasteiger partial charge is 0.406 e. The normalized spacial score (nSPS) is 12.8. The van der Waals surface area contributed by atoms with Gasteiger partial charge in [0.2, 0.25) is 5.91 Å². The second-order valence-electron chi connectivity index (χ2n) is 4.57. The summed E-state index contributed by atoms with van der Waals surface area (Å²) < 4.78 is 40.0. The number of rotatable bonds is 7. The first-order valence-electron chi connectivity index (χ1n) is 6.59. The van der Waals surface area contributed by atoms with Crippen molar-refractivity contribution in [3.8, 4) is 5.75 Å². The lowest BCUT2D eigenvalue weighted by molar-refractivity contribution is -0.274. The number of ether oxygens (including phenoxy) is 1. The van der Waals surface area contributed by atoms with E-state index in [0.29, 0.717) is 24.9 Å². The molecule has 0 aliphatic rings. The molecule has 0 aliphatic heterocycles. The summed E-state index contributed by atoms with van der Waals surface area (Å²) in [6.07, 6.45) is -4.21. The molecule has 21 heavy (non-hydrogen) atoms. The highest BCUT2D eigenvalue weighted by atomic mass is 19.4. The zero-order valence-corrected chi connectivity index (χ0v) is 11.6. The lowest BCUT2D eigenvalue weighted by Gasteiger charge is -2.11. The van der Waals surface area contributed by atoms with Crippen molar-refractivity contribution >= 4 is 5.91 Å². The molecule has 1 amide bonds. The highest BCUT2D eigenvalue weighted by Crippen LogP contribution is 2.23. The number of alkyl halides is 3. The number of halogens is 3. The average Bonchev–Trinajstić information content (AvgIpc) is 2.36. The van der Waals surface area contributed by atoms with Crippen LogP contribution in [0.15, 0.2) is 24.3 Å². The van der Waals surface area contributed by atoms with Crippen molar-refractivity contribution in [1.29, 1.82) is 0 Å². The molecule has 1 rings (SSSR count). The maximum atomic E-state index is 12.1. The van der Waals surface area contributed by atoms with Gasteiger partial charge < -0.3 is 15.2 Å². The maximum Gasteiger partial charge on any atom is 0.573 e. The quantitative estimate of drug-likeness (QED) is 0.813. The lowest BCUT2D eigenvalue weighted by atomic mass is 10.1. The summed E-state index contributed by atoms with van der Waals surface area (Å²) in [6, 6.07) is 5.29. The Labute approximate surface area is 120 Å². The third-order valence-corrected chi connectivity index (χ3v) is 2.77. The van der Waals surface area contributed by atoms with Crippen LogP contribution in [0.3, 0.4) is 0 Å². The molecule has 0 heterocycles. The molecule has 1 aromatic rings. The summed E-state index contributed by atoms with van der Waals surface area (Å²) in [7, 11) is 0. The molecule has 0 saturated heterocycles. The monoisotopic (exact) mass is 305 g/mol. The predicted octanol–water partition coefficient (Wildman–Crippen LogP) is 2.40. The van der Waals surface area contributed by atoms with Crippen molar-refractivity contribution in [3.63, 3.8) is 0 Å². The Bertz CT molecular complexity index is 463. The van der Waals surface area contributed by atoms with E-state index in [1.165, 1.54) is 18.2 Å². The molecule has 0 aliphatic carbocycles. The van der Waals surface area contributed by atoms with Gasteiger partial charge >= 0.3 is 6.36 Å². The number of benzene rings is 1. The van der Waals surface area contributed by atoms with E-state index in [1.54, 1.807) is 6.07 Å². The van der Waals surface area contributed by atoms with Gasteiger partial charge in [0.1, 0.15) is 5.75 Å². The van der Waals surface area contributed by atoms with Gasteiger partial charge in [-0.3, -0.25) is 4.79 Å². The largest absolute Gasteiger partial charge is 0.573 e. The number of amides is 1. The van der Waals surface area contributed by atoms with Gasteiger partial charge in [-0.15, -0.1) is 13.2 Å². The van der Waals surface area contributed by atoms with Crippen LogP contribution < -0.4 is 10.1 Å². The van der Waals surface area contributed by atoms with Crippen LogP contribution in [0.25, 0.3) is 0 Å². The summed E-state index contributed by atoms with van der Waals surface area (Å²) in [6.45, 7) is 2.16. The average molecular weight is 305 g/mol. The molecule has 1 aromatic carbocycles. The summed E-state index contributed by atoms with van der Waals surface area (Å²) in [5.41, 5.74) is 0.422. The molecule has 118 valence electrons. The zero-order valence-electron chi connectivity index (χ0n) is 11.6. The number of hydrogen-bond acceptors (Lipinski definition) is 3. The van der Waals surface area contributed by atoms with E-state index in [0.717, 1.165) is 0 Å². The van der Waals surface area contributed by atoms with Gasteiger partial charge in [-0.1, -0.05) is 19.1 Å². The molecule has 7 heteroatoms. The zero-order chi connectivity index (χ0) is 15.9. The van der Waals surface area contributed by atoms with Crippen LogP contribution in [0.4, 0.5) is 13.2 Å². The molecule has 0 bridgehead atoms. The van der Waals surface area contributed by atoms with Crippen LogP contribution in [0.2, 0.25) is 0 Å². The van der Waals surface area contributed by atoms with E-state index in [-0.39, 0.29) is 18.1 Å². The van der Waals surface area contributed by atoms with Crippen LogP contribution >= 0.6 is 0 Å². The fraction of sp³-hybridized carbons (Fsp3) is 0.500. The van der Waals surface area contributed by atoms with Crippen molar-refractivity contribution < 1.29 is 27.8 Å².